The maximum Gasteiger partial charge on any atom is 0.234 e. The summed E-state index contributed by atoms with van der Waals surface area (Å²) in [7, 11) is 1.66. The fraction of sp³-hybridized carbons (Fsp3) is 0.385. The Balaban J connectivity index is 1.84. The van der Waals surface area contributed by atoms with Crippen LogP contribution in [0.2, 0.25) is 5.15 Å². The number of methoxy groups -OCH3 is 1. The van der Waals surface area contributed by atoms with Crippen LogP contribution in [0.3, 0.4) is 0 Å². The van der Waals surface area contributed by atoms with E-state index in [4.69, 9.17) is 16.3 Å². The zero-order chi connectivity index (χ0) is 15.8. The van der Waals surface area contributed by atoms with Gasteiger partial charge >= 0.3 is 0 Å². The molecule has 0 atom stereocenters. The van der Waals surface area contributed by atoms with Gasteiger partial charge in [0, 0.05) is 26.5 Å². The van der Waals surface area contributed by atoms with Crippen LogP contribution in [0.1, 0.15) is 6.42 Å². The SMILES string of the molecule is COCCCn1cnnc1SCC(=O)Nc1cccnc1Cl. The zero-order valence-corrected chi connectivity index (χ0v) is 13.6. The lowest BCUT2D eigenvalue weighted by Gasteiger charge is -2.07. The minimum atomic E-state index is -0.175. The highest BCUT2D eigenvalue weighted by atomic mass is 35.5. The fourth-order valence-corrected chi connectivity index (χ4v) is 2.59. The number of anilines is 1. The molecule has 2 aromatic heterocycles. The van der Waals surface area contributed by atoms with Gasteiger partial charge in [-0.2, -0.15) is 0 Å². The van der Waals surface area contributed by atoms with E-state index in [1.165, 1.54) is 11.8 Å². The van der Waals surface area contributed by atoms with Gasteiger partial charge in [0.15, 0.2) is 10.3 Å². The van der Waals surface area contributed by atoms with E-state index in [-0.39, 0.29) is 16.8 Å². The van der Waals surface area contributed by atoms with Crippen LogP contribution >= 0.6 is 23.4 Å². The van der Waals surface area contributed by atoms with E-state index in [2.05, 4.69) is 20.5 Å². The lowest BCUT2D eigenvalue weighted by molar-refractivity contribution is -0.113. The Kier molecular flexibility index (Phi) is 6.63. The molecule has 2 aromatic rings. The highest BCUT2D eigenvalue weighted by molar-refractivity contribution is 7.99. The number of aryl methyl sites for hydroxylation is 1. The molecular formula is C13H16ClN5O2S. The van der Waals surface area contributed by atoms with Crippen molar-refractivity contribution in [3.05, 3.63) is 29.8 Å². The van der Waals surface area contributed by atoms with Crippen molar-refractivity contribution in [2.24, 2.45) is 0 Å². The van der Waals surface area contributed by atoms with Gasteiger partial charge in [0.25, 0.3) is 0 Å². The van der Waals surface area contributed by atoms with Crippen molar-refractivity contribution in [1.29, 1.82) is 0 Å². The molecule has 7 nitrogen and oxygen atoms in total. The second-order valence-electron chi connectivity index (χ2n) is 4.33. The molecule has 118 valence electrons. The first-order valence-corrected chi connectivity index (χ1v) is 7.97. The molecule has 0 spiro atoms. The third-order valence-corrected chi connectivity index (χ3v) is 3.98. The van der Waals surface area contributed by atoms with Crippen LogP contribution in [0.4, 0.5) is 5.69 Å². The number of nitrogens with zero attached hydrogens (tertiary/aromatic N) is 4. The molecule has 0 radical (unpaired) electrons. The highest BCUT2D eigenvalue weighted by Crippen LogP contribution is 2.19. The number of thioether (sulfide) groups is 1. The average Bonchev–Trinajstić information content (AvgIpc) is 2.95. The van der Waals surface area contributed by atoms with Gasteiger partial charge in [0.2, 0.25) is 5.91 Å². The van der Waals surface area contributed by atoms with Gasteiger partial charge in [-0.25, -0.2) is 4.98 Å². The number of hydrogen-bond acceptors (Lipinski definition) is 6. The van der Waals surface area contributed by atoms with Crippen LogP contribution in [-0.4, -0.2) is 45.1 Å². The Labute approximate surface area is 137 Å². The number of aromatic nitrogens is 4. The first kappa shape index (κ1) is 16.7. The summed E-state index contributed by atoms with van der Waals surface area (Å²) in [5.41, 5.74) is 0.497. The molecule has 0 aliphatic heterocycles. The lowest BCUT2D eigenvalue weighted by Crippen LogP contribution is -2.15. The summed E-state index contributed by atoms with van der Waals surface area (Å²) < 4.78 is 6.91. The number of carbonyl (C=O) groups is 1. The second kappa shape index (κ2) is 8.72. The molecule has 0 aliphatic carbocycles. The van der Waals surface area contributed by atoms with E-state index in [1.54, 1.807) is 31.8 Å². The number of pyridine rings is 1. The number of hydrogen-bond donors (Lipinski definition) is 1. The molecule has 0 saturated carbocycles. The average molecular weight is 342 g/mol. The van der Waals surface area contributed by atoms with E-state index in [0.717, 1.165) is 13.0 Å². The van der Waals surface area contributed by atoms with Crippen molar-refractivity contribution in [3.8, 4) is 0 Å². The maximum absolute atomic E-state index is 11.9. The zero-order valence-electron chi connectivity index (χ0n) is 12.0. The first-order chi connectivity index (χ1) is 10.7. The third-order valence-electron chi connectivity index (χ3n) is 2.69. The van der Waals surface area contributed by atoms with Crippen molar-refractivity contribution in [3.63, 3.8) is 0 Å². The van der Waals surface area contributed by atoms with Gasteiger partial charge in [-0.1, -0.05) is 23.4 Å². The van der Waals surface area contributed by atoms with E-state index in [0.29, 0.717) is 17.5 Å². The van der Waals surface area contributed by atoms with Crippen LogP contribution in [0.25, 0.3) is 0 Å². The van der Waals surface area contributed by atoms with Crippen molar-refractivity contribution in [1.82, 2.24) is 19.7 Å². The number of carbonyl (C=O) groups excluding carboxylic acids is 1. The van der Waals surface area contributed by atoms with Crippen LogP contribution in [0.15, 0.2) is 29.8 Å². The number of halogens is 1. The van der Waals surface area contributed by atoms with Crippen LogP contribution in [0, 0.1) is 0 Å². The number of amides is 1. The molecule has 0 bridgehead atoms. The summed E-state index contributed by atoms with van der Waals surface area (Å²) in [6.45, 7) is 1.42. The molecule has 0 aliphatic rings. The standard InChI is InChI=1S/C13H16ClN5O2S/c1-21-7-3-6-19-9-16-18-13(19)22-8-11(20)17-10-4-2-5-15-12(10)14/h2,4-5,9H,3,6-8H2,1H3,(H,17,20). The van der Waals surface area contributed by atoms with Crippen molar-refractivity contribution < 1.29 is 9.53 Å². The van der Waals surface area contributed by atoms with Crippen molar-refractivity contribution >= 4 is 35.0 Å². The maximum atomic E-state index is 11.9. The molecule has 1 N–H and O–H groups in total. The molecule has 0 unspecified atom stereocenters. The molecule has 1 amide bonds. The van der Waals surface area contributed by atoms with Crippen molar-refractivity contribution in [2.45, 2.75) is 18.1 Å². The Morgan fingerprint density at radius 3 is 3.18 bits per heavy atom. The number of rotatable bonds is 8. The summed E-state index contributed by atoms with van der Waals surface area (Å²) in [6.07, 6.45) is 4.07. The largest absolute Gasteiger partial charge is 0.385 e. The fourth-order valence-electron chi connectivity index (χ4n) is 1.68. The molecule has 22 heavy (non-hydrogen) atoms. The van der Waals surface area contributed by atoms with Gasteiger partial charge in [-0.05, 0) is 18.6 Å². The van der Waals surface area contributed by atoms with E-state index in [9.17, 15) is 4.79 Å². The Morgan fingerprint density at radius 1 is 1.55 bits per heavy atom. The quantitative estimate of drug-likeness (QED) is 0.450. The topological polar surface area (TPSA) is 81.9 Å². The monoisotopic (exact) mass is 341 g/mol. The highest BCUT2D eigenvalue weighted by Gasteiger charge is 2.10. The first-order valence-electron chi connectivity index (χ1n) is 6.60. The van der Waals surface area contributed by atoms with Crippen LogP contribution < -0.4 is 5.32 Å². The number of ether oxygens (including phenoxy) is 1. The number of nitrogens with one attached hydrogen (secondary N) is 1. The van der Waals surface area contributed by atoms with E-state index in [1.807, 2.05) is 4.57 Å². The summed E-state index contributed by atoms with van der Waals surface area (Å²) >= 11 is 7.21. The molecule has 2 heterocycles. The Bertz CT molecular complexity index is 622. The molecule has 0 fully saturated rings. The summed E-state index contributed by atoms with van der Waals surface area (Å²) in [6, 6.07) is 3.41. The van der Waals surface area contributed by atoms with Gasteiger partial charge in [0.05, 0.1) is 11.4 Å². The van der Waals surface area contributed by atoms with Gasteiger partial charge in [-0.15, -0.1) is 10.2 Å². The van der Waals surface area contributed by atoms with Gasteiger partial charge < -0.3 is 14.6 Å². The Hall–Kier alpha value is -1.64. The molecular weight excluding hydrogens is 326 g/mol. The van der Waals surface area contributed by atoms with Gasteiger partial charge in [-0.3, -0.25) is 4.79 Å². The smallest absolute Gasteiger partial charge is 0.234 e. The molecule has 2 rings (SSSR count). The normalized spacial score (nSPS) is 10.6. The lowest BCUT2D eigenvalue weighted by atomic mass is 10.4. The minimum absolute atomic E-state index is 0.175. The van der Waals surface area contributed by atoms with Crippen LogP contribution in [0.5, 0.6) is 0 Å². The Morgan fingerprint density at radius 2 is 2.41 bits per heavy atom. The van der Waals surface area contributed by atoms with E-state index < -0.39 is 0 Å². The van der Waals surface area contributed by atoms with E-state index >= 15 is 0 Å². The molecule has 9 heteroatoms. The third kappa shape index (κ3) is 4.97. The predicted octanol–water partition coefficient (Wildman–Crippen LogP) is 2.09. The summed E-state index contributed by atoms with van der Waals surface area (Å²) in [4.78, 5) is 15.8. The summed E-state index contributed by atoms with van der Waals surface area (Å²) in [5.74, 6) is 0.0418. The second-order valence-corrected chi connectivity index (χ2v) is 5.63. The minimum Gasteiger partial charge on any atom is -0.385 e. The van der Waals surface area contributed by atoms with Crippen LogP contribution in [-0.2, 0) is 16.1 Å². The summed E-state index contributed by atoms with van der Waals surface area (Å²) in [5, 5.41) is 11.6. The van der Waals surface area contributed by atoms with Gasteiger partial charge in [0.1, 0.15) is 6.33 Å². The van der Waals surface area contributed by atoms with Crippen molar-refractivity contribution in [2.75, 3.05) is 24.8 Å². The predicted molar refractivity (Wildman–Crippen MR) is 85.1 cm³/mol. The molecule has 0 saturated heterocycles. The molecule has 0 aromatic carbocycles.